The molecule has 1 unspecified atom stereocenters. The first-order valence-corrected chi connectivity index (χ1v) is 7.15. The zero-order valence-corrected chi connectivity index (χ0v) is 12.3. The highest BCUT2D eigenvalue weighted by molar-refractivity contribution is 6.32. The van der Waals surface area contributed by atoms with Crippen LogP contribution in [0.5, 0.6) is 0 Å². The number of carboxylic acid groups (broad SMARTS) is 1. The third kappa shape index (κ3) is 5.08. The molecule has 0 saturated heterocycles. The number of hydrogen-bond donors (Lipinski definition) is 2. The molecule has 2 N–H and O–H groups in total. The van der Waals surface area contributed by atoms with Crippen molar-refractivity contribution >= 4 is 23.4 Å². The van der Waals surface area contributed by atoms with Gasteiger partial charge < -0.3 is 10.4 Å². The van der Waals surface area contributed by atoms with E-state index in [1.54, 1.807) is 18.3 Å². The molecular formula is C16H17ClN2O2. The summed E-state index contributed by atoms with van der Waals surface area (Å²) < 4.78 is 0. The van der Waals surface area contributed by atoms with Crippen LogP contribution in [0.15, 0.2) is 48.7 Å². The van der Waals surface area contributed by atoms with Gasteiger partial charge >= 0.3 is 5.97 Å². The highest BCUT2D eigenvalue weighted by Gasteiger charge is 2.13. The highest BCUT2D eigenvalue weighted by atomic mass is 35.5. The summed E-state index contributed by atoms with van der Waals surface area (Å²) in [5.41, 5.74) is 1.15. The quantitative estimate of drug-likeness (QED) is 0.820. The number of rotatable bonds is 7. The molecule has 0 radical (unpaired) electrons. The maximum absolute atomic E-state index is 10.8. The van der Waals surface area contributed by atoms with E-state index in [0.717, 1.165) is 12.0 Å². The fourth-order valence-corrected chi connectivity index (χ4v) is 2.28. The summed E-state index contributed by atoms with van der Waals surface area (Å²) in [6, 6.07) is 13.4. The van der Waals surface area contributed by atoms with Crippen LogP contribution in [-0.2, 0) is 11.2 Å². The minimum absolute atomic E-state index is 0.0316. The van der Waals surface area contributed by atoms with Crippen molar-refractivity contribution in [2.24, 2.45) is 0 Å². The summed E-state index contributed by atoms with van der Waals surface area (Å²) in [4.78, 5) is 15.0. The monoisotopic (exact) mass is 304 g/mol. The number of carboxylic acids is 1. The molecule has 4 nitrogen and oxygen atoms in total. The van der Waals surface area contributed by atoms with Crippen molar-refractivity contribution in [1.82, 2.24) is 4.98 Å². The Hall–Kier alpha value is -2.07. The average molecular weight is 305 g/mol. The second-order valence-corrected chi connectivity index (χ2v) is 5.20. The maximum atomic E-state index is 10.8. The van der Waals surface area contributed by atoms with Gasteiger partial charge in [0.1, 0.15) is 5.82 Å². The minimum Gasteiger partial charge on any atom is -0.481 e. The number of hydrogen-bond acceptors (Lipinski definition) is 3. The fraction of sp³-hybridized carbons (Fsp3) is 0.250. The predicted molar refractivity (Wildman–Crippen MR) is 83.7 cm³/mol. The molecule has 0 spiro atoms. The summed E-state index contributed by atoms with van der Waals surface area (Å²) in [5.74, 6) is -0.215. The Labute approximate surface area is 128 Å². The zero-order chi connectivity index (χ0) is 15.1. The zero-order valence-electron chi connectivity index (χ0n) is 11.5. The van der Waals surface area contributed by atoms with Crippen LogP contribution in [0.4, 0.5) is 5.82 Å². The highest BCUT2D eigenvalue weighted by Crippen LogP contribution is 2.20. The first kappa shape index (κ1) is 15.3. The Morgan fingerprint density at radius 3 is 2.67 bits per heavy atom. The summed E-state index contributed by atoms with van der Waals surface area (Å²) in [6.07, 6.45) is 3.00. The molecule has 5 heteroatoms. The molecule has 1 aromatic heterocycles. The lowest BCUT2D eigenvalue weighted by molar-refractivity contribution is -0.137. The van der Waals surface area contributed by atoms with Crippen molar-refractivity contribution in [2.75, 3.05) is 5.32 Å². The number of anilines is 1. The van der Waals surface area contributed by atoms with Crippen molar-refractivity contribution in [3.63, 3.8) is 0 Å². The molecule has 2 aromatic rings. The van der Waals surface area contributed by atoms with Crippen LogP contribution in [0.25, 0.3) is 0 Å². The summed E-state index contributed by atoms with van der Waals surface area (Å²) in [6.45, 7) is 0. The molecule has 1 aromatic carbocycles. The molecule has 0 aliphatic rings. The van der Waals surface area contributed by atoms with Crippen molar-refractivity contribution < 1.29 is 9.90 Å². The Balaban J connectivity index is 2.08. The lowest BCUT2D eigenvalue weighted by Gasteiger charge is -2.19. The molecule has 1 atom stereocenters. The van der Waals surface area contributed by atoms with E-state index in [1.807, 2.05) is 30.3 Å². The van der Waals surface area contributed by atoms with Crippen LogP contribution in [-0.4, -0.2) is 22.1 Å². The first-order valence-electron chi connectivity index (χ1n) is 6.78. The van der Waals surface area contributed by atoms with Crippen molar-refractivity contribution in [3.05, 3.63) is 59.2 Å². The van der Waals surface area contributed by atoms with Gasteiger partial charge in [0.15, 0.2) is 0 Å². The second-order valence-electron chi connectivity index (χ2n) is 4.80. The Bertz CT molecular complexity index is 590. The summed E-state index contributed by atoms with van der Waals surface area (Å²) >= 11 is 6.09. The normalized spacial score (nSPS) is 11.9. The number of benzene rings is 1. The number of nitrogens with one attached hydrogen (secondary N) is 1. The van der Waals surface area contributed by atoms with Gasteiger partial charge in [-0.15, -0.1) is 0 Å². The molecule has 0 bridgehead atoms. The topological polar surface area (TPSA) is 62.2 Å². The molecule has 0 aliphatic carbocycles. The van der Waals surface area contributed by atoms with Gasteiger partial charge in [-0.1, -0.05) is 41.9 Å². The molecule has 110 valence electrons. The molecular weight excluding hydrogens is 288 g/mol. The SMILES string of the molecule is O=C(O)CCC(Cc1ccccc1)Nc1ncccc1Cl. The van der Waals surface area contributed by atoms with Gasteiger partial charge in [-0.05, 0) is 30.5 Å². The third-order valence-electron chi connectivity index (χ3n) is 3.13. The number of nitrogens with zero attached hydrogens (tertiary/aromatic N) is 1. The smallest absolute Gasteiger partial charge is 0.303 e. The van der Waals surface area contributed by atoms with Gasteiger partial charge in [0.25, 0.3) is 0 Å². The summed E-state index contributed by atoms with van der Waals surface area (Å²) in [5, 5.41) is 12.7. The van der Waals surface area contributed by atoms with Crippen LogP contribution in [0.3, 0.4) is 0 Å². The molecule has 1 heterocycles. The van der Waals surface area contributed by atoms with Crippen LogP contribution in [0.1, 0.15) is 18.4 Å². The minimum atomic E-state index is -0.804. The van der Waals surface area contributed by atoms with Gasteiger partial charge in [-0.25, -0.2) is 4.98 Å². The number of aromatic nitrogens is 1. The van der Waals surface area contributed by atoms with Gasteiger partial charge in [-0.2, -0.15) is 0 Å². The lowest BCUT2D eigenvalue weighted by Crippen LogP contribution is -2.24. The van der Waals surface area contributed by atoms with Gasteiger partial charge in [0.2, 0.25) is 0 Å². The van der Waals surface area contributed by atoms with Gasteiger partial charge in [0.05, 0.1) is 5.02 Å². The van der Waals surface area contributed by atoms with E-state index in [-0.39, 0.29) is 12.5 Å². The van der Waals surface area contributed by atoms with E-state index in [2.05, 4.69) is 10.3 Å². The van der Waals surface area contributed by atoms with E-state index < -0.39 is 5.97 Å². The second kappa shape index (κ2) is 7.64. The van der Waals surface area contributed by atoms with Crippen LogP contribution < -0.4 is 5.32 Å². The lowest BCUT2D eigenvalue weighted by atomic mass is 10.0. The fourth-order valence-electron chi connectivity index (χ4n) is 2.11. The van der Waals surface area contributed by atoms with E-state index in [9.17, 15) is 4.79 Å². The molecule has 2 rings (SSSR count). The van der Waals surface area contributed by atoms with E-state index in [1.165, 1.54) is 0 Å². The van der Waals surface area contributed by atoms with Crippen molar-refractivity contribution in [3.8, 4) is 0 Å². The molecule has 0 saturated carbocycles. The first-order chi connectivity index (χ1) is 10.1. The number of halogens is 1. The average Bonchev–Trinajstić information content (AvgIpc) is 2.48. The van der Waals surface area contributed by atoms with Gasteiger partial charge in [-0.3, -0.25) is 4.79 Å². The third-order valence-corrected chi connectivity index (χ3v) is 3.44. The van der Waals surface area contributed by atoms with Crippen LogP contribution in [0.2, 0.25) is 5.02 Å². The van der Waals surface area contributed by atoms with E-state index in [0.29, 0.717) is 17.3 Å². The van der Waals surface area contributed by atoms with E-state index in [4.69, 9.17) is 16.7 Å². The van der Waals surface area contributed by atoms with Gasteiger partial charge in [0, 0.05) is 18.7 Å². The molecule has 0 amide bonds. The largest absolute Gasteiger partial charge is 0.481 e. The van der Waals surface area contributed by atoms with Crippen LogP contribution >= 0.6 is 11.6 Å². The van der Waals surface area contributed by atoms with Crippen LogP contribution in [0, 0.1) is 0 Å². The predicted octanol–water partition coefficient (Wildman–Crippen LogP) is 3.62. The Morgan fingerprint density at radius 1 is 1.24 bits per heavy atom. The maximum Gasteiger partial charge on any atom is 0.303 e. The molecule has 0 aliphatic heterocycles. The number of carbonyl (C=O) groups is 1. The summed E-state index contributed by atoms with van der Waals surface area (Å²) in [7, 11) is 0. The van der Waals surface area contributed by atoms with Crippen molar-refractivity contribution in [2.45, 2.75) is 25.3 Å². The van der Waals surface area contributed by atoms with E-state index >= 15 is 0 Å². The molecule has 21 heavy (non-hydrogen) atoms. The molecule has 0 fully saturated rings. The standard InChI is InChI=1S/C16H17ClN2O2/c17-14-7-4-10-18-16(14)19-13(8-9-15(20)21)11-12-5-2-1-3-6-12/h1-7,10,13H,8-9,11H2,(H,18,19)(H,20,21). The number of pyridine rings is 1. The Kier molecular flexibility index (Phi) is 5.58. The van der Waals surface area contributed by atoms with Crippen molar-refractivity contribution in [1.29, 1.82) is 0 Å². The number of aliphatic carboxylic acids is 1. The Morgan fingerprint density at radius 2 is 2.00 bits per heavy atom.